The molecule has 0 saturated carbocycles. The summed E-state index contributed by atoms with van der Waals surface area (Å²) in [5.74, 6) is 7.72. The highest BCUT2D eigenvalue weighted by atomic mass is 16.5. The van der Waals surface area contributed by atoms with Crippen LogP contribution >= 0.6 is 0 Å². The SMILES string of the molecule is COc1ccc(C#CC(C)CCn2ncc3ccccc32)cc1. The molecule has 0 saturated heterocycles. The molecule has 3 aromatic rings. The number of hydrogen-bond acceptors (Lipinski definition) is 2. The maximum atomic E-state index is 5.15. The molecule has 0 radical (unpaired) electrons. The van der Waals surface area contributed by atoms with Crippen molar-refractivity contribution < 1.29 is 4.74 Å². The highest BCUT2D eigenvalue weighted by Gasteiger charge is 2.03. The second-order valence-electron chi connectivity index (χ2n) is 5.61. The Morgan fingerprint density at radius 2 is 1.91 bits per heavy atom. The van der Waals surface area contributed by atoms with Crippen molar-refractivity contribution in [3.8, 4) is 17.6 Å². The smallest absolute Gasteiger partial charge is 0.118 e. The van der Waals surface area contributed by atoms with Crippen molar-refractivity contribution >= 4 is 10.9 Å². The van der Waals surface area contributed by atoms with E-state index in [1.54, 1.807) is 7.11 Å². The predicted octanol–water partition coefficient (Wildman–Crippen LogP) is 4.12. The Kier molecular flexibility index (Phi) is 4.63. The van der Waals surface area contributed by atoms with Crippen LogP contribution in [0.4, 0.5) is 0 Å². The fraction of sp³-hybridized carbons (Fsp3) is 0.250. The molecule has 3 heteroatoms. The van der Waals surface area contributed by atoms with Gasteiger partial charge in [0.2, 0.25) is 0 Å². The summed E-state index contributed by atoms with van der Waals surface area (Å²) in [5.41, 5.74) is 2.20. The van der Waals surface area contributed by atoms with Crippen LogP contribution in [0.25, 0.3) is 10.9 Å². The average Bonchev–Trinajstić information content (AvgIpc) is 3.02. The Morgan fingerprint density at radius 1 is 1.13 bits per heavy atom. The summed E-state index contributed by atoms with van der Waals surface area (Å²) in [6.07, 6.45) is 2.90. The number of para-hydroxylation sites is 1. The molecule has 0 bridgehead atoms. The van der Waals surface area contributed by atoms with Gasteiger partial charge < -0.3 is 4.74 Å². The summed E-state index contributed by atoms with van der Waals surface area (Å²) < 4.78 is 7.21. The van der Waals surface area contributed by atoms with Gasteiger partial charge in [0.1, 0.15) is 5.75 Å². The van der Waals surface area contributed by atoms with Crippen molar-refractivity contribution in [2.75, 3.05) is 7.11 Å². The van der Waals surface area contributed by atoms with Crippen LogP contribution in [0.1, 0.15) is 18.9 Å². The number of fused-ring (bicyclic) bond motifs is 1. The second kappa shape index (κ2) is 7.02. The minimum atomic E-state index is 0.320. The van der Waals surface area contributed by atoms with Crippen molar-refractivity contribution in [2.45, 2.75) is 19.9 Å². The number of aryl methyl sites for hydroxylation is 1. The number of hydrogen-bond donors (Lipinski definition) is 0. The first-order valence-electron chi connectivity index (χ1n) is 7.82. The zero-order valence-corrected chi connectivity index (χ0v) is 13.5. The quantitative estimate of drug-likeness (QED) is 0.678. The molecular weight excluding hydrogens is 284 g/mol. The van der Waals surface area contributed by atoms with Crippen molar-refractivity contribution in [1.29, 1.82) is 0 Å². The van der Waals surface area contributed by atoms with Crippen LogP contribution in [0.2, 0.25) is 0 Å². The van der Waals surface area contributed by atoms with Gasteiger partial charge in [-0.05, 0) is 36.8 Å². The molecule has 0 N–H and O–H groups in total. The fourth-order valence-corrected chi connectivity index (χ4v) is 2.47. The molecule has 0 fully saturated rings. The lowest BCUT2D eigenvalue weighted by Crippen LogP contribution is -2.03. The van der Waals surface area contributed by atoms with Crippen LogP contribution < -0.4 is 4.74 Å². The zero-order chi connectivity index (χ0) is 16.1. The number of nitrogens with zero attached hydrogens (tertiary/aromatic N) is 2. The first-order chi connectivity index (χ1) is 11.3. The van der Waals surface area contributed by atoms with E-state index < -0.39 is 0 Å². The van der Waals surface area contributed by atoms with Crippen LogP contribution in [-0.2, 0) is 6.54 Å². The van der Waals surface area contributed by atoms with Gasteiger partial charge >= 0.3 is 0 Å². The lowest BCUT2D eigenvalue weighted by molar-refractivity contribution is 0.415. The summed E-state index contributed by atoms with van der Waals surface area (Å²) in [4.78, 5) is 0. The molecule has 1 unspecified atom stereocenters. The van der Waals surface area contributed by atoms with Gasteiger partial charge in [0, 0.05) is 23.4 Å². The molecule has 116 valence electrons. The topological polar surface area (TPSA) is 27.1 Å². The van der Waals surface area contributed by atoms with Crippen LogP contribution in [0, 0.1) is 17.8 Å². The van der Waals surface area contributed by atoms with Gasteiger partial charge in [0.15, 0.2) is 0 Å². The summed E-state index contributed by atoms with van der Waals surface area (Å²) in [6.45, 7) is 3.04. The van der Waals surface area contributed by atoms with E-state index >= 15 is 0 Å². The van der Waals surface area contributed by atoms with Gasteiger partial charge in [-0.15, -0.1) is 0 Å². The number of ether oxygens (including phenoxy) is 1. The first-order valence-corrected chi connectivity index (χ1v) is 7.82. The number of methoxy groups -OCH3 is 1. The van der Waals surface area contributed by atoms with Crippen LogP contribution in [0.5, 0.6) is 5.75 Å². The Labute approximate surface area is 136 Å². The Bertz CT molecular complexity index is 837. The molecular formula is C20H20N2O. The largest absolute Gasteiger partial charge is 0.497 e. The van der Waals surface area contributed by atoms with Crippen LogP contribution in [0.3, 0.4) is 0 Å². The highest BCUT2D eigenvalue weighted by molar-refractivity contribution is 5.78. The average molecular weight is 304 g/mol. The zero-order valence-electron chi connectivity index (χ0n) is 13.5. The second-order valence-corrected chi connectivity index (χ2v) is 5.61. The van der Waals surface area contributed by atoms with Gasteiger partial charge in [0.25, 0.3) is 0 Å². The van der Waals surface area contributed by atoms with Crippen molar-refractivity contribution in [3.05, 3.63) is 60.3 Å². The maximum absolute atomic E-state index is 5.15. The van der Waals surface area contributed by atoms with E-state index in [1.807, 2.05) is 42.6 Å². The van der Waals surface area contributed by atoms with E-state index in [0.717, 1.165) is 24.3 Å². The molecule has 0 aliphatic rings. The molecule has 0 aliphatic heterocycles. The summed E-state index contributed by atoms with van der Waals surface area (Å²) >= 11 is 0. The third-order valence-corrected chi connectivity index (χ3v) is 3.88. The first kappa shape index (κ1) is 15.2. The Balaban J connectivity index is 1.61. The molecule has 0 amide bonds. The third-order valence-electron chi connectivity index (χ3n) is 3.88. The van der Waals surface area contributed by atoms with E-state index in [-0.39, 0.29) is 0 Å². The Hall–Kier alpha value is -2.73. The third kappa shape index (κ3) is 3.73. The normalized spacial score (nSPS) is 11.7. The van der Waals surface area contributed by atoms with Gasteiger partial charge in [0.05, 0.1) is 18.8 Å². The molecule has 3 nitrogen and oxygen atoms in total. The van der Waals surface area contributed by atoms with Crippen molar-refractivity contribution in [2.24, 2.45) is 5.92 Å². The molecule has 1 aromatic heterocycles. The van der Waals surface area contributed by atoms with E-state index in [0.29, 0.717) is 5.92 Å². The van der Waals surface area contributed by atoms with Crippen LogP contribution in [0.15, 0.2) is 54.7 Å². The lowest BCUT2D eigenvalue weighted by Gasteiger charge is -2.06. The molecule has 1 atom stereocenters. The van der Waals surface area contributed by atoms with Crippen LogP contribution in [-0.4, -0.2) is 16.9 Å². The van der Waals surface area contributed by atoms with E-state index in [9.17, 15) is 0 Å². The lowest BCUT2D eigenvalue weighted by atomic mass is 10.1. The van der Waals surface area contributed by atoms with E-state index in [4.69, 9.17) is 4.74 Å². The monoisotopic (exact) mass is 304 g/mol. The van der Waals surface area contributed by atoms with Crippen molar-refractivity contribution in [1.82, 2.24) is 9.78 Å². The van der Waals surface area contributed by atoms with Crippen molar-refractivity contribution in [3.63, 3.8) is 0 Å². The summed E-state index contributed by atoms with van der Waals surface area (Å²) in [5, 5.41) is 5.64. The molecule has 2 aromatic carbocycles. The number of benzene rings is 2. The molecule has 0 spiro atoms. The van der Waals surface area contributed by atoms with Gasteiger partial charge in [-0.2, -0.15) is 5.10 Å². The van der Waals surface area contributed by atoms with Gasteiger partial charge in [-0.25, -0.2) is 0 Å². The molecule has 23 heavy (non-hydrogen) atoms. The van der Waals surface area contributed by atoms with Gasteiger partial charge in [-0.1, -0.05) is 37.0 Å². The summed E-state index contributed by atoms with van der Waals surface area (Å²) in [6, 6.07) is 16.1. The maximum Gasteiger partial charge on any atom is 0.118 e. The molecule has 1 heterocycles. The minimum absolute atomic E-state index is 0.320. The fourth-order valence-electron chi connectivity index (χ4n) is 2.47. The molecule has 3 rings (SSSR count). The standard InChI is InChI=1S/C20H20N2O/c1-16(7-8-17-9-11-19(23-2)12-10-17)13-14-22-20-6-4-3-5-18(20)15-21-22/h3-6,9-12,15-16H,13-14H2,1-2H3. The molecule has 0 aliphatic carbocycles. The summed E-state index contributed by atoms with van der Waals surface area (Å²) in [7, 11) is 1.67. The highest BCUT2D eigenvalue weighted by Crippen LogP contribution is 2.14. The number of rotatable bonds is 4. The number of aromatic nitrogens is 2. The predicted molar refractivity (Wildman–Crippen MR) is 93.4 cm³/mol. The van der Waals surface area contributed by atoms with E-state index in [2.05, 4.69) is 40.7 Å². The Morgan fingerprint density at radius 3 is 2.70 bits per heavy atom. The van der Waals surface area contributed by atoms with E-state index in [1.165, 1.54) is 10.9 Å². The van der Waals surface area contributed by atoms with Gasteiger partial charge in [-0.3, -0.25) is 4.68 Å². The minimum Gasteiger partial charge on any atom is -0.497 e.